The molecule has 2 aromatic rings. The maximum atomic E-state index is 13.3. The molecule has 1 fully saturated rings. The van der Waals surface area contributed by atoms with Crippen LogP contribution >= 0.6 is 11.3 Å². The number of hydrogen-bond acceptors (Lipinski definition) is 4. The molecule has 0 unspecified atom stereocenters. The molecule has 3 rings (SSSR count). The first-order valence-corrected chi connectivity index (χ1v) is 10.3. The molecule has 0 radical (unpaired) electrons. The number of primary amides is 1. The van der Waals surface area contributed by atoms with Gasteiger partial charge in [-0.3, -0.25) is 9.10 Å². The Kier molecular flexibility index (Phi) is 4.69. The van der Waals surface area contributed by atoms with E-state index in [2.05, 4.69) is 0 Å². The second kappa shape index (κ2) is 6.60. The highest BCUT2D eigenvalue weighted by Crippen LogP contribution is 2.34. The van der Waals surface area contributed by atoms with Gasteiger partial charge in [0, 0.05) is 24.7 Å². The van der Waals surface area contributed by atoms with E-state index in [1.807, 2.05) is 16.8 Å². The number of carbonyl (C=O) groups excluding carboxylic acids is 1. The van der Waals surface area contributed by atoms with Crippen molar-refractivity contribution in [3.05, 3.63) is 34.8 Å². The lowest BCUT2D eigenvalue weighted by molar-refractivity contribution is 0.0992. The second-order valence-electron chi connectivity index (χ2n) is 6.11. The fraction of sp³-hybridized carbons (Fsp3) is 0.438. The molecule has 0 atom stereocenters. The van der Waals surface area contributed by atoms with Crippen molar-refractivity contribution in [3.63, 3.8) is 0 Å². The second-order valence-corrected chi connectivity index (χ2v) is 8.71. The van der Waals surface area contributed by atoms with Gasteiger partial charge in [-0.1, -0.05) is 19.3 Å². The van der Waals surface area contributed by atoms with Crippen LogP contribution in [-0.4, -0.2) is 24.9 Å². The van der Waals surface area contributed by atoms with Crippen molar-refractivity contribution in [2.75, 3.05) is 4.31 Å². The topological polar surface area (TPSA) is 85.4 Å². The Balaban J connectivity index is 2.05. The minimum atomic E-state index is -3.75. The monoisotopic (exact) mass is 367 g/mol. The van der Waals surface area contributed by atoms with Crippen LogP contribution in [0.1, 0.15) is 42.6 Å². The average molecular weight is 367 g/mol. The molecule has 1 aliphatic rings. The van der Waals surface area contributed by atoms with E-state index >= 15 is 0 Å². The summed E-state index contributed by atoms with van der Waals surface area (Å²) in [5.74, 6) is -0.640. The summed E-state index contributed by atoms with van der Waals surface area (Å²) in [7, 11) is -2.13. The third-order valence-corrected chi connectivity index (χ3v) is 6.97. The van der Waals surface area contributed by atoms with Gasteiger partial charge in [-0.05, 0) is 30.4 Å². The lowest BCUT2D eigenvalue weighted by atomic mass is 9.95. The summed E-state index contributed by atoms with van der Waals surface area (Å²) in [6, 6.07) is 3.14. The van der Waals surface area contributed by atoms with E-state index < -0.39 is 15.9 Å². The van der Waals surface area contributed by atoms with Crippen molar-refractivity contribution in [3.8, 4) is 0 Å². The van der Waals surface area contributed by atoms with E-state index in [0.29, 0.717) is 5.69 Å². The minimum Gasteiger partial charge on any atom is -0.364 e. The van der Waals surface area contributed by atoms with Crippen molar-refractivity contribution in [2.45, 2.75) is 43.0 Å². The highest BCUT2D eigenvalue weighted by Gasteiger charge is 2.34. The zero-order valence-electron chi connectivity index (χ0n) is 13.5. The highest BCUT2D eigenvalue weighted by molar-refractivity contribution is 7.92. The van der Waals surface area contributed by atoms with Crippen molar-refractivity contribution in [2.24, 2.45) is 12.8 Å². The average Bonchev–Trinajstić information content (AvgIpc) is 3.18. The number of nitrogens with two attached hydrogens (primary N) is 1. The molecule has 0 saturated heterocycles. The van der Waals surface area contributed by atoms with Crippen LogP contribution in [0.5, 0.6) is 0 Å². The van der Waals surface area contributed by atoms with Gasteiger partial charge in [0.15, 0.2) is 0 Å². The van der Waals surface area contributed by atoms with Gasteiger partial charge < -0.3 is 10.3 Å². The summed E-state index contributed by atoms with van der Waals surface area (Å²) in [5.41, 5.74) is 6.19. The summed E-state index contributed by atoms with van der Waals surface area (Å²) in [6.45, 7) is 0. The first kappa shape index (κ1) is 17.0. The Bertz CT molecular complexity index is 819. The summed E-state index contributed by atoms with van der Waals surface area (Å²) in [4.78, 5) is 11.6. The van der Waals surface area contributed by atoms with Gasteiger partial charge >= 0.3 is 0 Å². The number of hydrogen-bond donors (Lipinski definition) is 1. The van der Waals surface area contributed by atoms with Crippen LogP contribution in [0.3, 0.4) is 0 Å². The van der Waals surface area contributed by atoms with Crippen molar-refractivity contribution < 1.29 is 13.2 Å². The molecule has 0 aliphatic heterocycles. The maximum absolute atomic E-state index is 13.3. The molecule has 1 aliphatic carbocycles. The molecule has 0 aromatic carbocycles. The SMILES string of the molecule is Cn1cc(S(=O)(=O)N(c2ccsc2)C2CCCCC2)cc1C(N)=O. The molecule has 130 valence electrons. The molecular formula is C16H21N3O3S2. The fourth-order valence-electron chi connectivity index (χ4n) is 3.28. The highest BCUT2D eigenvalue weighted by atomic mass is 32.2. The number of anilines is 1. The standard InChI is InChI=1S/C16H21N3O3S2/c1-18-10-14(9-15(18)16(17)20)24(21,22)19(13-7-8-23-11-13)12-5-3-2-4-6-12/h7-12H,2-6H2,1H3,(H2,17,20). The van der Waals surface area contributed by atoms with Crippen LogP contribution in [-0.2, 0) is 17.1 Å². The molecular weight excluding hydrogens is 346 g/mol. The van der Waals surface area contributed by atoms with Crippen LogP contribution in [0.15, 0.2) is 34.0 Å². The molecule has 24 heavy (non-hydrogen) atoms. The zero-order valence-corrected chi connectivity index (χ0v) is 15.1. The summed E-state index contributed by atoms with van der Waals surface area (Å²) >= 11 is 1.47. The van der Waals surface area contributed by atoms with Crippen molar-refractivity contribution in [1.29, 1.82) is 0 Å². The summed E-state index contributed by atoms with van der Waals surface area (Å²) < 4.78 is 29.6. The largest absolute Gasteiger partial charge is 0.364 e. The molecule has 2 N–H and O–H groups in total. The quantitative estimate of drug-likeness (QED) is 0.882. The number of thiophene rings is 1. The van der Waals surface area contributed by atoms with Crippen LogP contribution in [0, 0.1) is 0 Å². The fourth-order valence-corrected chi connectivity index (χ4v) is 5.75. The Morgan fingerprint density at radius 2 is 2.04 bits per heavy atom. The van der Waals surface area contributed by atoms with Gasteiger partial charge in [-0.15, -0.1) is 0 Å². The molecule has 8 heteroatoms. The Labute approximate surface area is 145 Å². The normalized spacial score (nSPS) is 16.2. The van der Waals surface area contributed by atoms with Crippen LogP contribution in [0.25, 0.3) is 0 Å². The first-order valence-electron chi connectivity index (χ1n) is 7.94. The predicted octanol–water partition coefficient (Wildman–Crippen LogP) is 2.71. The summed E-state index contributed by atoms with van der Waals surface area (Å²) in [6.07, 6.45) is 6.36. The minimum absolute atomic E-state index is 0.0458. The van der Waals surface area contributed by atoms with Gasteiger partial charge in [-0.2, -0.15) is 11.3 Å². The van der Waals surface area contributed by atoms with Gasteiger partial charge in [0.05, 0.1) is 5.69 Å². The van der Waals surface area contributed by atoms with E-state index in [-0.39, 0.29) is 16.6 Å². The van der Waals surface area contributed by atoms with Gasteiger partial charge in [0.25, 0.3) is 15.9 Å². The Morgan fingerprint density at radius 1 is 1.33 bits per heavy atom. The van der Waals surface area contributed by atoms with E-state index in [9.17, 15) is 13.2 Å². The van der Waals surface area contributed by atoms with E-state index in [1.54, 1.807) is 7.05 Å². The van der Waals surface area contributed by atoms with Crippen LogP contribution in [0.2, 0.25) is 0 Å². The maximum Gasteiger partial charge on any atom is 0.266 e. The lowest BCUT2D eigenvalue weighted by Crippen LogP contribution is -2.41. The smallest absolute Gasteiger partial charge is 0.266 e. The molecule has 1 amide bonds. The van der Waals surface area contributed by atoms with Gasteiger partial charge in [-0.25, -0.2) is 8.42 Å². The summed E-state index contributed by atoms with van der Waals surface area (Å²) in [5, 5.41) is 3.73. The number of nitrogens with zero attached hydrogens (tertiary/aromatic N) is 2. The van der Waals surface area contributed by atoms with Crippen LogP contribution < -0.4 is 10.0 Å². The Hall–Kier alpha value is -1.80. The molecule has 1 saturated carbocycles. The molecule has 2 heterocycles. The number of aryl methyl sites for hydroxylation is 1. The van der Waals surface area contributed by atoms with E-state index in [0.717, 1.165) is 32.1 Å². The van der Waals surface area contributed by atoms with E-state index in [4.69, 9.17) is 5.73 Å². The molecule has 2 aromatic heterocycles. The number of carbonyl (C=O) groups is 1. The molecule has 0 bridgehead atoms. The van der Waals surface area contributed by atoms with Crippen molar-refractivity contribution >= 4 is 33.0 Å². The Morgan fingerprint density at radius 3 is 2.58 bits per heavy atom. The third-order valence-electron chi connectivity index (χ3n) is 4.46. The lowest BCUT2D eigenvalue weighted by Gasteiger charge is -2.34. The van der Waals surface area contributed by atoms with Crippen LogP contribution in [0.4, 0.5) is 5.69 Å². The number of sulfonamides is 1. The first-order chi connectivity index (χ1) is 11.4. The van der Waals surface area contributed by atoms with Crippen molar-refractivity contribution in [1.82, 2.24) is 4.57 Å². The number of aromatic nitrogens is 1. The van der Waals surface area contributed by atoms with E-state index in [1.165, 1.54) is 32.5 Å². The zero-order chi connectivity index (χ0) is 17.3. The third kappa shape index (κ3) is 3.08. The predicted molar refractivity (Wildman–Crippen MR) is 94.8 cm³/mol. The molecule has 6 nitrogen and oxygen atoms in total. The van der Waals surface area contributed by atoms with Gasteiger partial charge in [0.2, 0.25) is 0 Å². The number of rotatable bonds is 5. The van der Waals surface area contributed by atoms with Gasteiger partial charge in [0.1, 0.15) is 10.6 Å². The molecule has 0 spiro atoms. The number of amides is 1.